The lowest BCUT2D eigenvalue weighted by Crippen LogP contribution is -2.43. The number of carbonyl (C=O) groups excluding carboxylic acids is 1. The van der Waals surface area contributed by atoms with E-state index in [4.69, 9.17) is 4.42 Å². The molecule has 6 heteroatoms. The minimum atomic E-state index is 0.00686. The maximum atomic E-state index is 12.7. The molecule has 2 aromatic heterocycles. The first-order valence-electron chi connectivity index (χ1n) is 10.5. The van der Waals surface area contributed by atoms with Crippen molar-refractivity contribution in [2.24, 2.45) is 5.92 Å². The number of anilines is 1. The fourth-order valence-corrected chi connectivity index (χ4v) is 4.41. The van der Waals surface area contributed by atoms with Gasteiger partial charge in [0.2, 0.25) is 11.6 Å². The molecule has 1 aliphatic heterocycles. The maximum absolute atomic E-state index is 12.7. The van der Waals surface area contributed by atoms with Crippen LogP contribution in [0.1, 0.15) is 56.3 Å². The number of amides is 1. The SMILES string of the molecule is Cc1oc2ncnc(N3CCCC(C(=O)NCCC4=CCCCC4)C3)c2c1C. The van der Waals surface area contributed by atoms with Gasteiger partial charge in [-0.3, -0.25) is 4.79 Å². The van der Waals surface area contributed by atoms with Gasteiger partial charge in [-0.25, -0.2) is 9.97 Å². The van der Waals surface area contributed by atoms with E-state index in [1.54, 1.807) is 6.33 Å². The molecule has 1 N–H and O–H groups in total. The summed E-state index contributed by atoms with van der Waals surface area (Å²) < 4.78 is 5.75. The van der Waals surface area contributed by atoms with Gasteiger partial charge in [-0.15, -0.1) is 0 Å². The lowest BCUT2D eigenvalue weighted by molar-refractivity contribution is -0.125. The molecule has 0 radical (unpaired) electrons. The van der Waals surface area contributed by atoms with Crippen LogP contribution in [0, 0.1) is 19.8 Å². The normalized spacial score (nSPS) is 20.3. The molecular formula is C22H30N4O2. The predicted molar refractivity (Wildman–Crippen MR) is 110 cm³/mol. The number of furan rings is 1. The molecule has 1 atom stereocenters. The van der Waals surface area contributed by atoms with E-state index in [9.17, 15) is 4.79 Å². The Hall–Kier alpha value is -2.37. The van der Waals surface area contributed by atoms with Crippen LogP contribution in [0.3, 0.4) is 0 Å². The molecule has 0 aromatic carbocycles. The average molecular weight is 383 g/mol. The zero-order valence-electron chi connectivity index (χ0n) is 17.0. The van der Waals surface area contributed by atoms with Crippen LogP contribution in [-0.2, 0) is 4.79 Å². The molecule has 1 fully saturated rings. The molecule has 4 rings (SSSR count). The first-order chi connectivity index (χ1) is 13.6. The third-order valence-electron chi connectivity index (χ3n) is 6.17. The summed E-state index contributed by atoms with van der Waals surface area (Å²) in [7, 11) is 0. The van der Waals surface area contributed by atoms with Gasteiger partial charge in [0, 0.05) is 25.2 Å². The number of hydrogen-bond donors (Lipinski definition) is 1. The molecule has 1 aliphatic carbocycles. The summed E-state index contributed by atoms with van der Waals surface area (Å²) in [4.78, 5) is 23.8. The Morgan fingerprint density at radius 2 is 2.18 bits per heavy atom. The van der Waals surface area contributed by atoms with Crippen molar-refractivity contribution in [2.45, 2.75) is 58.8 Å². The van der Waals surface area contributed by atoms with E-state index >= 15 is 0 Å². The largest absolute Gasteiger partial charge is 0.443 e. The molecule has 3 heterocycles. The summed E-state index contributed by atoms with van der Waals surface area (Å²) in [5.74, 6) is 1.95. The molecule has 0 bridgehead atoms. The van der Waals surface area contributed by atoms with Gasteiger partial charge in [-0.1, -0.05) is 11.6 Å². The smallest absolute Gasteiger partial charge is 0.231 e. The Bertz CT molecular complexity index is 886. The average Bonchev–Trinajstić information content (AvgIpc) is 3.03. The molecule has 2 aliphatic rings. The molecule has 0 spiro atoms. The number of rotatable bonds is 5. The van der Waals surface area contributed by atoms with Crippen molar-refractivity contribution >= 4 is 22.8 Å². The number of allylic oxidation sites excluding steroid dienone is 1. The van der Waals surface area contributed by atoms with Gasteiger partial charge in [0.15, 0.2) is 0 Å². The van der Waals surface area contributed by atoms with Crippen LogP contribution < -0.4 is 10.2 Å². The quantitative estimate of drug-likeness (QED) is 0.790. The van der Waals surface area contributed by atoms with Crippen molar-refractivity contribution < 1.29 is 9.21 Å². The Morgan fingerprint density at radius 3 is 3.00 bits per heavy atom. The predicted octanol–water partition coefficient (Wildman–Crippen LogP) is 4.06. The van der Waals surface area contributed by atoms with Gasteiger partial charge in [-0.2, -0.15) is 0 Å². The first-order valence-corrected chi connectivity index (χ1v) is 10.5. The third kappa shape index (κ3) is 3.91. The van der Waals surface area contributed by atoms with Crippen molar-refractivity contribution in [2.75, 3.05) is 24.5 Å². The molecule has 2 aromatic rings. The van der Waals surface area contributed by atoms with E-state index in [0.717, 1.165) is 54.9 Å². The standard InChI is InChI=1S/C22H30N4O2/c1-15-16(2)28-22-19(15)20(24-14-25-22)26-12-6-9-18(13-26)21(27)23-11-10-17-7-4-3-5-8-17/h7,14,18H,3-6,8-13H2,1-2H3,(H,23,27). The van der Waals surface area contributed by atoms with Crippen molar-refractivity contribution in [1.29, 1.82) is 0 Å². The minimum absolute atomic E-state index is 0.00686. The topological polar surface area (TPSA) is 71.3 Å². The fraction of sp³-hybridized carbons (Fsp3) is 0.591. The molecule has 6 nitrogen and oxygen atoms in total. The van der Waals surface area contributed by atoms with Crippen LogP contribution in [0.25, 0.3) is 11.1 Å². The molecule has 150 valence electrons. The van der Waals surface area contributed by atoms with E-state index in [0.29, 0.717) is 12.3 Å². The summed E-state index contributed by atoms with van der Waals surface area (Å²) in [5, 5.41) is 4.14. The van der Waals surface area contributed by atoms with Crippen LogP contribution in [0.5, 0.6) is 0 Å². The van der Waals surface area contributed by atoms with Crippen LogP contribution in [0.4, 0.5) is 5.82 Å². The van der Waals surface area contributed by atoms with Crippen LogP contribution in [-0.4, -0.2) is 35.5 Å². The summed E-state index contributed by atoms with van der Waals surface area (Å²) in [5.41, 5.74) is 3.22. The Labute approximate surface area is 166 Å². The first kappa shape index (κ1) is 19.0. The van der Waals surface area contributed by atoms with E-state index < -0.39 is 0 Å². The summed E-state index contributed by atoms with van der Waals surface area (Å²) in [6.45, 7) is 6.35. The molecule has 1 amide bonds. The highest BCUT2D eigenvalue weighted by Gasteiger charge is 2.28. The maximum Gasteiger partial charge on any atom is 0.231 e. The van der Waals surface area contributed by atoms with Gasteiger partial charge in [0.1, 0.15) is 17.9 Å². The summed E-state index contributed by atoms with van der Waals surface area (Å²) in [6, 6.07) is 0. The van der Waals surface area contributed by atoms with E-state index in [-0.39, 0.29) is 11.8 Å². The minimum Gasteiger partial charge on any atom is -0.443 e. The number of fused-ring (bicyclic) bond motifs is 1. The van der Waals surface area contributed by atoms with Gasteiger partial charge in [0.05, 0.1) is 11.3 Å². The van der Waals surface area contributed by atoms with E-state index in [1.807, 2.05) is 13.8 Å². The molecule has 28 heavy (non-hydrogen) atoms. The van der Waals surface area contributed by atoms with Crippen LogP contribution >= 0.6 is 0 Å². The highest BCUT2D eigenvalue weighted by molar-refractivity contribution is 5.90. The van der Waals surface area contributed by atoms with E-state index in [1.165, 1.54) is 31.3 Å². The Kier molecular flexibility index (Phi) is 5.64. The number of aryl methyl sites for hydroxylation is 2. The van der Waals surface area contributed by atoms with Crippen molar-refractivity contribution in [3.05, 3.63) is 29.3 Å². The number of nitrogens with zero attached hydrogens (tertiary/aromatic N) is 3. The highest BCUT2D eigenvalue weighted by atomic mass is 16.3. The van der Waals surface area contributed by atoms with E-state index in [2.05, 4.69) is 26.3 Å². The highest BCUT2D eigenvalue weighted by Crippen LogP contribution is 2.32. The molecule has 0 saturated carbocycles. The number of hydrogen-bond acceptors (Lipinski definition) is 5. The zero-order valence-corrected chi connectivity index (χ0v) is 17.0. The van der Waals surface area contributed by atoms with Crippen molar-refractivity contribution in [3.63, 3.8) is 0 Å². The number of aromatic nitrogens is 2. The Morgan fingerprint density at radius 1 is 1.29 bits per heavy atom. The number of piperidine rings is 1. The van der Waals surface area contributed by atoms with Gasteiger partial charge in [0.25, 0.3) is 0 Å². The monoisotopic (exact) mass is 382 g/mol. The summed E-state index contributed by atoms with van der Waals surface area (Å²) in [6.07, 6.45) is 11.8. The second-order valence-electron chi connectivity index (χ2n) is 8.10. The van der Waals surface area contributed by atoms with Crippen molar-refractivity contribution in [3.8, 4) is 0 Å². The number of carbonyl (C=O) groups is 1. The molecule has 1 saturated heterocycles. The Balaban J connectivity index is 1.40. The van der Waals surface area contributed by atoms with Gasteiger partial charge < -0.3 is 14.6 Å². The van der Waals surface area contributed by atoms with Gasteiger partial charge in [-0.05, 0) is 58.8 Å². The lowest BCUT2D eigenvalue weighted by atomic mass is 9.95. The third-order valence-corrected chi connectivity index (χ3v) is 6.17. The lowest BCUT2D eigenvalue weighted by Gasteiger charge is -2.33. The zero-order chi connectivity index (χ0) is 19.5. The van der Waals surface area contributed by atoms with Crippen molar-refractivity contribution in [1.82, 2.24) is 15.3 Å². The number of nitrogens with one attached hydrogen (secondary N) is 1. The second-order valence-corrected chi connectivity index (χ2v) is 8.10. The molecule has 1 unspecified atom stereocenters. The molecular weight excluding hydrogens is 352 g/mol. The second kappa shape index (κ2) is 8.33. The van der Waals surface area contributed by atoms with Gasteiger partial charge >= 0.3 is 0 Å². The van der Waals surface area contributed by atoms with Crippen LogP contribution in [0.15, 0.2) is 22.4 Å². The fourth-order valence-electron chi connectivity index (χ4n) is 4.41. The van der Waals surface area contributed by atoms with Crippen LogP contribution in [0.2, 0.25) is 0 Å². The summed E-state index contributed by atoms with van der Waals surface area (Å²) >= 11 is 0.